The fourth-order valence-electron chi connectivity index (χ4n) is 1.58. The summed E-state index contributed by atoms with van der Waals surface area (Å²) >= 11 is 1.53. The fraction of sp³-hybridized carbons (Fsp3) is 0.333. The molecule has 0 aliphatic carbocycles. The highest BCUT2D eigenvalue weighted by molar-refractivity contribution is 7.18. The fourth-order valence-corrected chi connectivity index (χ4v) is 2.46. The summed E-state index contributed by atoms with van der Waals surface area (Å²) in [6.45, 7) is 3.89. The first-order chi connectivity index (χ1) is 8.11. The zero-order valence-corrected chi connectivity index (χ0v) is 10.5. The molecular weight excluding hydrogens is 238 g/mol. The van der Waals surface area contributed by atoms with Crippen molar-refractivity contribution in [2.24, 2.45) is 0 Å². The lowest BCUT2D eigenvalue weighted by Crippen LogP contribution is -2.15. The predicted octanol–water partition coefficient (Wildman–Crippen LogP) is 2.20. The van der Waals surface area contributed by atoms with Crippen LogP contribution in [0.15, 0.2) is 18.2 Å². The third-order valence-electron chi connectivity index (χ3n) is 2.35. The van der Waals surface area contributed by atoms with Crippen molar-refractivity contribution >= 4 is 27.5 Å². The average Bonchev–Trinajstić information content (AvgIpc) is 2.67. The lowest BCUT2D eigenvalue weighted by molar-refractivity contribution is -0.153. The van der Waals surface area contributed by atoms with Crippen molar-refractivity contribution in [2.75, 3.05) is 6.61 Å². The SMILES string of the molecule is CCOC(=O)C(O)c1ccc2nc(C)sc2c1. The lowest BCUT2D eigenvalue weighted by Gasteiger charge is -2.09. The second-order valence-electron chi connectivity index (χ2n) is 3.61. The molecule has 0 aliphatic heterocycles. The summed E-state index contributed by atoms with van der Waals surface area (Å²) < 4.78 is 5.74. The van der Waals surface area contributed by atoms with E-state index in [4.69, 9.17) is 4.74 Å². The van der Waals surface area contributed by atoms with Crippen LogP contribution >= 0.6 is 11.3 Å². The highest BCUT2D eigenvalue weighted by Gasteiger charge is 2.19. The number of fused-ring (bicyclic) bond motifs is 1. The van der Waals surface area contributed by atoms with Crippen LogP contribution in [-0.2, 0) is 9.53 Å². The average molecular weight is 251 g/mol. The molecule has 1 N–H and O–H groups in total. The van der Waals surface area contributed by atoms with Gasteiger partial charge in [0.2, 0.25) is 0 Å². The number of hydrogen-bond donors (Lipinski definition) is 1. The molecule has 17 heavy (non-hydrogen) atoms. The first-order valence-electron chi connectivity index (χ1n) is 5.33. The minimum atomic E-state index is -1.22. The standard InChI is InChI=1S/C12H13NO3S/c1-3-16-12(15)11(14)8-4-5-9-10(6-8)17-7(2)13-9/h4-6,11,14H,3H2,1-2H3. The number of aliphatic hydroxyl groups excluding tert-OH is 1. The summed E-state index contributed by atoms with van der Waals surface area (Å²) in [5.41, 5.74) is 1.42. The Balaban J connectivity index is 2.32. The second kappa shape index (κ2) is 4.81. The molecule has 5 heteroatoms. The first kappa shape index (κ1) is 12.0. The molecule has 1 aromatic carbocycles. The van der Waals surface area contributed by atoms with Crippen LogP contribution in [0.1, 0.15) is 23.6 Å². The van der Waals surface area contributed by atoms with E-state index in [0.29, 0.717) is 5.56 Å². The summed E-state index contributed by atoms with van der Waals surface area (Å²) in [5, 5.41) is 10.8. The summed E-state index contributed by atoms with van der Waals surface area (Å²) in [6.07, 6.45) is -1.22. The van der Waals surface area contributed by atoms with Crippen LogP contribution in [0.3, 0.4) is 0 Å². The molecule has 0 saturated heterocycles. The summed E-state index contributed by atoms with van der Waals surface area (Å²) in [7, 11) is 0. The van der Waals surface area contributed by atoms with Gasteiger partial charge in [-0.25, -0.2) is 9.78 Å². The monoisotopic (exact) mass is 251 g/mol. The number of benzene rings is 1. The second-order valence-corrected chi connectivity index (χ2v) is 4.85. The van der Waals surface area contributed by atoms with E-state index in [9.17, 15) is 9.90 Å². The Morgan fingerprint density at radius 1 is 1.59 bits per heavy atom. The number of thiazole rings is 1. The number of aromatic nitrogens is 1. The van der Waals surface area contributed by atoms with Crippen molar-refractivity contribution in [1.29, 1.82) is 0 Å². The van der Waals surface area contributed by atoms with Crippen molar-refractivity contribution < 1.29 is 14.6 Å². The van der Waals surface area contributed by atoms with Crippen molar-refractivity contribution in [1.82, 2.24) is 4.98 Å². The van der Waals surface area contributed by atoms with Gasteiger partial charge in [0.15, 0.2) is 6.10 Å². The number of carbonyl (C=O) groups excluding carboxylic acids is 1. The predicted molar refractivity (Wildman–Crippen MR) is 65.9 cm³/mol. The molecule has 1 atom stereocenters. The Labute approximate surface area is 103 Å². The largest absolute Gasteiger partial charge is 0.464 e. The van der Waals surface area contributed by atoms with Gasteiger partial charge in [-0.2, -0.15) is 0 Å². The Kier molecular flexibility index (Phi) is 3.40. The quantitative estimate of drug-likeness (QED) is 0.850. The molecule has 0 saturated carbocycles. The number of nitrogens with zero attached hydrogens (tertiary/aromatic N) is 1. The van der Waals surface area contributed by atoms with Crippen molar-refractivity contribution in [3.8, 4) is 0 Å². The van der Waals surface area contributed by atoms with Gasteiger partial charge in [0.05, 0.1) is 21.8 Å². The number of carbonyl (C=O) groups is 1. The van der Waals surface area contributed by atoms with Gasteiger partial charge >= 0.3 is 5.97 Å². The number of aliphatic hydroxyl groups is 1. The Morgan fingerprint density at radius 3 is 3.06 bits per heavy atom. The van der Waals surface area contributed by atoms with Gasteiger partial charge in [0.25, 0.3) is 0 Å². The number of esters is 1. The molecule has 0 spiro atoms. The molecule has 90 valence electrons. The number of rotatable bonds is 3. The van der Waals surface area contributed by atoms with Gasteiger partial charge < -0.3 is 9.84 Å². The highest BCUT2D eigenvalue weighted by Crippen LogP contribution is 2.25. The van der Waals surface area contributed by atoms with Crippen LogP contribution in [0.25, 0.3) is 10.2 Å². The maximum Gasteiger partial charge on any atom is 0.339 e. The van der Waals surface area contributed by atoms with E-state index in [0.717, 1.165) is 15.2 Å². The van der Waals surface area contributed by atoms with E-state index in [1.165, 1.54) is 11.3 Å². The number of ether oxygens (including phenoxy) is 1. The van der Waals surface area contributed by atoms with E-state index in [2.05, 4.69) is 4.98 Å². The molecule has 0 bridgehead atoms. The highest BCUT2D eigenvalue weighted by atomic mass is 32.1. The van der Waals surface area contributed by atoms with Crippen LogP contribution in [0.4, 0.5) is 0 Å². The summed E-state index contributed by atoms with van der Waals surface area (Å²) in [6, 6.07) is 5.28. The maximum atomic E-state index is 11.4. The third kappa shape index (κ3) is 2.45. The molecule has 0 amide bonds. The van der Waals surface area contributed by atoms with Crippen LogP contribution in [0, 0.1) is 6.92 Å². The molecule has 1 heterocycles. The van der Waals surface area contributed by atoms with Crippen molar-refractivity contribution in [3.63, 3.8) is 0 Å². The zero-order valence-electron chi connectivity index (χ0n) is 9.64. The molecule has 2 aromatic rings. The normalized spacial score (nSPS) is 12.6. The lowest BCUT2D eigenvalue weighted by atomic mass is 10.1. The molecule has 0 radical (unpaired) electrons. The van der Waals surface area contributed by atoms with Gasteiger partial charge in [-0.05, 0) is 31.5 Å². The van der Waals surface area contributed by atoms with Gasteiger partial charge in [-0.1, -0.05) is 6.07 Å². The Bertz CT molecular complexity index is 550. The van der Waals surface area contributed by atoms with E-state index < -0.39 is 12.1 Å². The van der Waals surface area contributed by atoms with Crippen molar-refractivity contribution in [3.05, 3.63) is 28.8 Å². The summed E-state index contributed by atoms with van der Waals surface area (Å²) in [4.78, 5) is 15.7. The zero-order chi connectivity index (χ0) is 12.4. The number of aryl methyl sites for hydroxylation is 1. The van der Waals surface area contributed by atoms with Crippen LogP contribution in [0.5, 0.6) is 0 Å². The smallest absolute Gasteiger partial charge is 0.339 e. The first-order valence-corrected chi connectivity index (χ1v) is 6.15. The summed E-state index contributed by atoms with van der Waals surface area (Å²) in [5.74, 6) is -0.618. The van der Waals surface area contributed by atoms with E-state index in [1.807, 2.05) is 6.92 Å². The number of hydrogen-bond acceptors (Lipinski definition) is 5. The van der Waals surface area contributed by atoms with Crippen molar-refractivity contribution in [2.45, 2.75) is 20.0 Å². The molecule has 0 fully saturated rings. The molecular formula is C12H13NO3S. The molecule has 4 nitrogen and oxygen atoms in total. The molecule has 0 aliphatic rings. The molecule has 1 aromatic heterocycles. The Morgan fingerprint density at radius 2 is 2.35 bits per heavy atom. The van der Waals surface area contributed by atoms with Crippen LogP contribution in [-0.4, -0.2) is 22.7 Å². The molecule has 2 rings (SSSR count). The third-order valence-corrected chi connectivity index (χ3v) is 3.28. The van der Waals surface area contributed by atoms with Gasteiger partial charge in [-0.15, -0.1) is 11.3 Å². The Hall–Kier alpha value is -1.46. The van der Waals surface area contributed by atoms with Gasteiger partial charge in [-0.3, -0.25) is 0 Å². The van der Waals surface area contributed by atoms with E-state index >= 15 is 0 Å². The van der Waals surface area contributed by atoms with E-state index in [1.54, 1.807) is 25.1 Å². The van der Waals surface area contributed by atoms with Crippen LogP contribution in [0.2, 0.25) is 0 Å². The van der Waals surface area contributed by atoms with E-state index in [-0.39, 0.29) is 6.61 Å². The maximum absolute atomic E-state index is 11.4. The molecule has 1 unspecified atom stereocenters. The minimum absolute atomic E-state index is 0.262. The topological polar surface area (TPSA) is 59.4 Å². The van der Waals surface area contributed by atoms with Gasteiger partial charge in [0, 0.05) is 0 Å². The minimum Gasteiger partial charge on any atom is -0.464 e. The van der Waals surface area contributed by atoms with Crippen LogP contribution < -0.4 is 0 Å². The van der Waals surface area contributed by atoms with Gasteiger partial charge in [0.1, 0.15) is 0 Å².